The fourth-order valence-electron chi connectivity index (χ4n) is 8.20. The van der Waals surface area contributed by atoms with Crippen molar-refractivity contribution in [2.45, 2.75) is 166 Å². The van der Waals surface area contributed by atoms with Gasteiger partial charge in [-0.2, -0.15) is 0 Å². The van der Waals surface area contributed by atoms with E-state index in [0.29, 0.717) is 52.1 Å². The van der Waals surface area contributed by atoms with Crippen LogP contribution in [0.2, 0.25) is 0 Å². The largest absolute Gasteiger partial charge is 0.481 e. The average Bonchev–Trinajstić information content (AvgIpc) is 1.94. The zero-order valence-corrected chi connectivity index (χ0v) is 57.7. The summed E-state index contributed by atoms with van der Waals surface area (Å²) in [6.45, 7) is 22.5. The molecule has 0 aliphatic carbocycles. The van der Waals surface area contributed by atoms with E-state index in [1.807, 2.05) is 174 Å². The zero-order chi connectivity index (χ0) is 68.6. The molecular weight excluding hydrogens is 1270 g/mol. The molecule has 0 saturated carbocycles. The number of carboxylic acids is 2. The molecule has 20 heteroatoms. The first kappa shape index (κ1) is 85.5. The molecule has 0 aromatic heterocycles. The van der Waals surface area contributed by atoms with Gasteiger partial charge in [-0.25, -0.2) is 24.2 Å². The number of alkyl halides is 1. The molecule has 0 bridgehead atoms. The van der Waals surface area contributed by atoms with Crippen LogP contribution in [0, 0.1) is 23.7 Å². The quantitative estimate of drug-likeness (QED) is 0.0238. The van der Waals surface area contributed by atoms with Gasteiger partial charge in [-0.1, -0.05) is 244 Å². The van der Waals surface area contributed by atoms with Gasteiger partial charge in [0.25, 0.3) is 0 Å². The molecule has 514 valence electrons. The van der Waals surface area contributed by atoms with Crippen LogP contribution in [0.4, 0.5) is 14.4 Å². The summed E-state index contributed by atoms with van der Waals surface area (Å²) in [5.74, 6) is -2.25. The van der Waals surface area contributed by atoms with Crippen molar-refractivity contribution in [3.63, 3.8) is 0 Å². The van der Waals surface area contributed by atoms with E-state index in [-0.39, 0.29) is 79.0 Å². The van der Waals surface area contributed by atoms with Gasteiger partial charge in [0.05, 0.1) is 43.2 Å². The molecule has 0 spiro atoms. The molecular formula is C73H103BrClN3O15. The number of ether oxygens (including phenoxy) is 5. The second-order valence-corrected chi connectivity index (χ2v) is 23.2. The molecule has 5 aromatic carbocycles. The van der Waals surface area contributed by atoms with Crippen LogP contribution >= 0.6 is 27.5 Å². The summed E-state index contributed by atoms with van der Waals surface area (Å²) in [5.41, 5.74) is 5.82. The lowest BCUT2D eigenvalue weighted by Gasteiger charge is -2.22. The van der Waals surface area contributed by atoms with Gasteiger partial charge < -0.3 is 39.2 Å². The lowest BCUT2D eigenvalue weighted by atomic mass is 9.93. The van der Waals surface area contributed by atoms with E-state index in [2.05, 4.69) is 40.3 Å². The highest BCUT2D eigenvalue weighted by atomic mass is 79.9. The Morgan fingerprint density at radius 3 is 1.26 bits per heavy atom. The number of hydrogen-bond acceptors (Lipinski definition) is 13. The summed E-state index contributed by atoms with van der Waals surface area (Å²) < 4.78 is 25.7. The van der Waals surface area contributed by atoms with Crippen molar-refractivity contribution in [1.29, 1.82) is 0 Å². The number of amides is 5. The van der Waals surface area contributed by atoms with Crippen molar-refractivity contribution < 1.29 is 72.3 Å². The number of alkyl carbamates (subject to hydrolysis) is 1. The standard InChI is InChI=1S/C15H19NO3.C14H20O3.C13H15NO3.C10H11NO2.C10H14O.C5H10O2.C3H5ClO.C2H5Br.CH4/c1-3-11(2)14(17)16-13(10-19-15(16)18)9-12-7-5-4-6-8-12;1-11(12(2)14(15)16)8-9-17-10-13-6-4-3-5-7-13;1-2-12(15)14-11(9-17-13(14)16)8-10-6-4-3-5-7-10;12-10-11-9(7-13-10)6-8-4-2-1-3-5-8;1-2-8-11-9-10-6-4-3-5-7-10;1-3-4(2)5(6)7;1-2-3(4)5;1-2-3;/h4-8,11,13H,3,9-10H2,1-2H3;3-7,11-12H,8-10H2,1-2H3,(H,15,16);3-7,11H,2,8-9H2,1H3;1-5,9H,6-7H2,(H,11,12);3-7H,2,8-9H2,1H3;4H,3H2,1-2H3,(H,6,7);2H2,1H3;2H2,1H3;1H4/t;11-,12?;;;;;;;/m.1......./s1. The van der Waals surface area contributed by atoms with Gasteiger partial charge in [-0.15, -0.1) is 0 Å². The highest BCUT2D eigenvalue weighted by molar-refractivity contribution is 9.09. The molecule has 6 unspecified atom stereocenters. The maximum atomic E-state index is 12.2. The smallest absolute Gasteiger partial charge is 0.416 e. The average molecular weight is 1380 g/mol. The molecule has 3 heterocycles. The van der Waals surface area contributed by atoms with Gasteiger partial charge >= 0.3 is 30.2 Å². The van der Waals surface area contributed by atoms with Crippen molar-refractivity contribution in [3.05, 3.63) is 179 Å². The Labute approximate surface area is 566 Å². The van der Waals surface area contributed by atoms with Crippen LogP contribution in [-0.2, 0) is 80.1 Å². The van der Waals surface area contributed by atoms with E-state index < -0.39 is 24.1 Å². The van der Waals surface area contributed by atoms with Crippen molar-refractivity contribution in [2.75, 3.05) is 38.4 Å². The number of halogens is 2. The number of carbonyl (C=O) groups is 8. The third-order valence-electron chi connectivity index (χ3n) is 14.3. The first-order chi connectivity index (χ1) is 44.1. The fraction of sp³-hybridized carbons (Fsp3) is 0.479. The molecule has 18 nitrogen and oxygen atoms in total. The predicted molar refractivity (Wildman–Crippen MR) is 370 cm³/mol. The Kier molecular flexibility index (Phi) is 47.8. The summed E-state index contributed by atoms with van der Waals surface area (Å²) in [6.07, 6.45) is 4.87. The van der Waals surface area contributed by atoms with Crippen molar-refractivity contribution >= 4 is 74.8 Å². The van der Waals surface area contributed by atoms with Crippen LogP contribution in [0.3, 0.4) is 0 Å². The Bertz CT molecular complexity index is 2830. The van der Waals surface area contributed by atoms with Crippen molar-refractivity contribution in [2.24, 2.45) is 23.7 Å². The number of carboxylic acid groups (broad SMARTS) is 2. The molecule has 3 N–H and O–H groups in total. The van der Waals surface area contributed by atoms with Gasteiger partial charge in [0.15, 0.2) is 0 Å². The van der Waals surface area contributed by atoms with E-state index in [1.54, 1.807) is 27.7 Å². The second-order valence-electron chi connectivity index (χ2n) is 21.7. The van der Waals surface area contributed by atoms with Crippen LogP contribution in [0.5, 0.6) is 0 Å². The molecule has 5 amide bonds. The number of aliphatic carboxylic acids is 2. The van der Waals surface area contributed by atoms with Gasteiger partial charge in [0.1, 0.15) is 19.8 Å². The first-order valence-electron chi connectivity index (χ1n) is 31.6. The number of benzene rings is 5. The first-order valence-corrected chi connectivity index (χ1v) is 33.1. The minimum atomic E-state index is -0.736. The van der Waals surface area contributed by atoms with E-state index >= 15 is 0 Å². The summed E-state index contributed by atoms with van der Waals surface area (Å²) in [7, 11) is 0. The van der Waals surface area contributed by atoms with Crippen LogP contribution in [0.1, 0.15) is 143 Å². The topological polar surface area (TPSA) is 242 Å². The molecule has 0 radical (unpaired) electrons. The summed E-state index contributed by atoms with van der Waals surface area (Å²) >= 11 is 7.97. The van der Waals surface area contributed by atoms with Gasteiger partial charge in [-0.3, -0.25) is 24.0 Å². The molecule has 3 aliphatic heterocycles. The van der Waals surface area contributed by atoms with Gasteiger partial charge in [0, 0.05) is 37.3 Å². The molecule has 3 aliphatic rings. The molecule has 3 saturated heterocycles. The number of nitrogens with one attached hydrogen (secondary N) is 1. The lowest BCUT2D eigenvalue weighted by Crippen LogP contribution is -2.42. The number of cyclic esters (lactones) is 3. The van der Waals surface area contributed by atoms with Crippen molar-refractivity contribution in [1.82, 2.24) is 15.1 Å². The highest BCUT2D eigenvalue weighted by Gasteiger charge is 2.39. The normalized spacial score (nSPS) is 16.0. The van der Waals surface area contributed by atoms with Crippen LogP contribution < -0.4 is 5.32 Å². The van der Waals surface area contributed by atoms with Gasteiger partial charge in [0.2, 0.25) is 17.1 Å². The maximum Gasteiger partial charge on any atom is 0.416 e. The third kappa shape index (κ3) is 37.7. The van der Waals surface area contributed by atoms with Crippen molar-refractivity contribution in [3.8, 4) is 0 Å². The lowest BCUT2D eigenvalue weighted by molar-refractivity contribution is -0.143. The summed E-state index contributed by atoms with van der Waals surface area (Å²) in [4.78, 5) is 90.5. The Morgan fingerprint density at radius 2 is 0.925 bits per heavy atom. The Balaban J connectivity index is 0.00000108. The monoisotopic (exact) mass is 1380 g/mol. The minimum absolute atomic E-state index is 0. The number of carbonyl (C=O) groups excluding carboxylic acids is 6. The number of hydrogen-bond donors (Lipinski definition) is 3. The van der Waals surface area contributed by atoms with Crippen LogP contribution in [0.25, 0.3) is 0 Å². The SMILES string of the molecule is C.CC(C(=O)O)[C@H](C)CCOCc1ccccc1.CCBr.CCC(=O)Cl.CCC(=O)N1C(=O)OCC1Cc1ccccc1.CCC(C)C(=O)N1C(=O)OCC1Cc1ccccc1.CCC(C)C(=O)O.CCCOCc1ccccc1.O=C1NC(Cc2ccccc2)CO1. The van der Waals surface area contributed by atoms with E-state index in [1.165, 1.54) is 20.9 Å². The van der Waals surface area contributed by atoms with Gasteiger partial charge in [-0.05, 0) is 90.3 Å². The number of nitrogens with zero attached hydrogens (tertiary/aromatic N) is 2. The Hall–Kier alpha value is -7.45. The maximum absolute atomic E-state index is 12.2. The van der Waals surface area contributed by atoms with Crippen LogP contribution in [0.15, 0.2) is 152 Å². The summed E-state index contributed by atoms with van der Waals surface area (Å²) in [5, 5.41) is 20.6. The zero-order valence-electron chi connectivity index (χ0n) is 55.3. The fourth-order valence-corrected chi connectivity index (χ4v) is 8.20. The third-order valence-corrected chi connectivity index (χ3v) is 14.6. The van der Waals surface area contributed by atoms with E-state index in [0.717, 1.165) is 67.3 Å². The predicted octanol–water partition coefficient (Wildman–Crippen LogP) is 15.8. The summed E-state index contributed by atoms with van der Waals surface area (Å²) in [6, 6.07) is 49.7. The number of imide groups is 2. The van der Waals surface area contributed by atoms with E-state index in [4.69, 9.17) is 45.5 Å². The minimum Gasteiger partial charge on any atom is -0.481 e. The Morgan fingerprint density at radius 1 is 0.548 bits per heavy atom. The molecule has 7 atom stereocenters. The second kappa shape index (κ2) is 52.0. The van der Waals surface area contributed by atoms with Crippen LogP contribution in [-0.4, -0.2) is 124 Å². The van der Waals surface area contributed by atoms with E-state index in [9.17, 15) is 38.4 Å². The molecule has 5 aromatic rings. The molecule has 3 fully saturated rings. The highest BCUT2D eigenvalue weighted by Crippen LogP contribution is 2.22. The number of rotatable bonds is 23. The molecule has 93 heavy (non-hydrogen) atoms. The molecule has 8 rings (SSSR count).